The molecule has 1 N–H and O–H groups in total. The van der Waals surface area contributed by atoms with Gasteiger partial charge in [-0.25, -0.2) is 4.39 Å². The smallest absolute Gasteiger partial charge is 0.163 e. The van der Waals surface area contributed by atoms with Gasteiger partial charge in [-0.1, -0.05) is 18.2 Å². The molecule has 0 aliphatic heterocycles. The van der Waals surface area contributed by atoms with Crippen LogP contribution in [-0.2, 0) is 0 Å². The van der Waals surface area contributed by atoms with Crippen LogP contribution in [-0.4, -0.2) is 20.4 Å². The first kappa shape index (κ1) is 13.9. The van der Waals surface area contributed by atoms with E-state index >= 15 is 0 Å². The Kier molecular flexibility index (Phi) is 4.55. The SMILES string of the molecule is COc1cc(F)c(C=NNc2ccccc2)cc1OC. The van der Waals surface area contributed by atoms with Gasteiger partial charge in [-0.3, -0.25) is 5.43 Å². The number of hydrazone groups is 1. The Bertz CT molecular complexity index is 600. The largest absolute Gasteiger partial charge is 0.493 e. The molecule has 2 aromatic rings. The number of ether oxygens (including phenoxy) is 2. The Morgan fingerprint density at radius 3 is 2.35 bits per heavy atom. The summed E-state index contributed by atoms with van der Waals surface area (Å²) < 4.78 is 24.0. The third-order valence-electron chi connectivity index (χ3n) is 2.67. The van der Waals surface area contributed by atoms with Crippen molar-refractivity contribution in [2.24, 2.45) is 5.10 Å². The molecule has 4 nitrogen and oxygen atoms in total. The molecule has 0 unspecified atom stereocenters. The molecule has 0 spiro atoms. The molecule has 0 fully saturated rings. The van der Waals surface area contributed by atoms with Crippen LogP contribution < -0.4 is 14.9 Å². The van der Waals surface area contributed by atoms with Gasteiger partial charge in [0.05, 0.1) is 26.1 Å². The summed E-state index contributed by atoms with van der Waals surface area (Å²) in [5, 5.41) is 3.99. The van der Waals surface area contributed by atoms with Gasteiger partial charge in [-0.15, -0.1) is 0 Å². The summed E-state index contributed by atoms with van der Waals surface area (Å²) in [4.78, 5) is 0. The van der Waals surface area contributed by atoms with Gasteiger partial charge in [-0.05, 0) is 18.2 Å². The van der Waals surface area contributed by atoms with Crippen LogP contribution in [0.2, 0.25) is 0 Å². The molecule has 104 valence electrons. The Hall–Kier alpha value is -2.56. The van der Waals surface area contributed by atoms with Gasteiger partial charge in [-0.2, -0.15) is 5.10 Å². The fourth-order valence-corrected chi connectivity index (χ4v) is 1.66. The zero-order valence-corrected chi connectivity index (χ0v) is 11.3. The molecule has 0 radical (unpaired) electrons. The van der Waals surface area contributed by atoms with E-state index in [1.807, 2.05) is 30.3 Å². The van der Waals surface area contributed by atoms with Crippen LogP contribution in [0.5, 0.6) is 11.5 Å². The van der Waals surface area contributed by atoms with Gasteiger partial charge in [0, 0.05) is 11.6 Å². The van der Waals surface area contributed by atoms with Crippen LogP contribution in [0.25, 0.3) is 0 Å². The van der Waals surface area contributed by atoms with Gasteiger partial charge >= 0.3 is 0 Å². The molecule has 0 aliphatic carbocycles. The van der Waals surface area contributed by atoms with Gasteiger partial charge in [0.2, 0.25) is 0 Å². The standard InChI is InChI=1S/C15H15FN2O2/c1-19-14-8-11(13(16)9-15(14)20-2)10-17-18-12-6-4-3-5-7-12/h3-10,18H,1-2H3. The summed E-state index contributed by atoms with van der Waals surface area (Å²) in [5.41, 5.74) is 3.95. The van der Waals surface area contributed by atoms with Gasteiger partial charge in [0.25, 0.3) is 0 Å². The lowest BCUT2D eigenvalue weighted by atomic mass is 10.2. The zero-order valence-electron chi connectivity index (χ0n) is 11.3. The minimum absolute atomic E-state index is 0.311. The van der Waals surface area contributed by atoms with E-state index in [0.717, 1.165) is 5.69 Å². The van der Waals surface area contributed by atoms with Crippen molar-refractivity contribution in [3.05, 3.63) is 53.8 Å². The molecular formula is C15H15FN2O2. The Balaban J connectivity index is 2.16. The van der Waals surface area contributed by atoms with E-state index in [9.17, 15) is 4.39 Å². The lowest BCUT2D eigenvalue weighted by molar-refractivity contribution is 0.352. The normalized spacial score (nSPS) is 10.6. The van der Waals surface area contributed by atoms with Crippen LogP contribution in [0.3, 0.4) is 0 Å². The molecule has 5 heteroatoms. The molecule has 2 rings (SSSR count). The maximum atomic E-state index is 13.8. The summed E-state index contributed by atoms with van der Waals surface area (Å²) in [6.45, 7) is 0. The highest BCUT2D eigenvalue weighted by atomic mass is 19.1. The highest BCUT2D eigenvalue weighted by molar-refractivity contribution is 5.82. The number of nitrogens with zero attached hydrogens (tertiary/aromatic N) is 1. The van der Waals surface area contributed by atoms with Gasteiger partial charge < -0.3 is 9.47 Å². The number of benzene rings is 2. The molecule has 0 aliphatic rings. The summed E-state index contributed by atoms with van der Waals surface area (Å²) in [7, 11) is 2.96. The summed E-state index contributed by atoms with van der Waals surface area (Å²) >= 11 is 0. The van der Waals surface area contributed by atoms with Crippen LogP contribution in [0.1, 0.15) is 5.56 Å². The third kappa shape index (κ3) is 3.26. The van der Waals surface area contributed by atoms with E-state index in [1.165, 1.54) is 32.6 Å². The molecule has 0 amide bonds. The zero-order chi connectivity index (χ0) is 14.4. The number of nitrogens with one attached hydrogen (secondary N) is 1. The minimum atomic E-state index is -0.429. The fourth-order valence-electron chi connectivity index (χ4n) is 1.66. The van der Waals surface area contributed by atoms with Crippen molar-refractivity contribution in [2.45, 2.75) is 0 Å². The van der Waals surface area contributed by atoms with Gasteiger partial charge in [0.1, 0.15) is 5.82 Å². The Morgan fingerprint density at radius 2 is 1.70 bits per heavy atom. The molecule has 0 heterocycles. The molecule has 0 saturated heterocycles. The number of methoxy groups -OCH3 is 2. The first-order valence-electron chi connectivity index (χ1n) is 6.00. The van der Waals surface area contributed by atoms with Gasteiger partial charge in [0.15, 0.2) is 11.5 Å². The number of para-hydroxylation sites is 1. The molecule has 20 heavy (non-hydrogen) atoms. The van der Waals surface area contributed by atoms with Crippen molar-refractivity contribution >= 4 is 11.9 Å². The number of anilines is 1. The van der Waals surface area contributed by atoms with Crippen LogP contribution in [0.4, 0.5) is 10.1 Å². The van der Waals surface area contributed by atoms with E-state index in [4.69, 9.17) is 9.47 Å². The van der Waals surface area contributed by atoms with E-state index in [-0.39, 0.29) is 0 Å². The highest BCUT2D eigenvalue weighted by Crippen LogP contribution is 2.29. The van der Waals surface area contributed by atoms with Crippen LogP contribution in [0, 0.1) is 5.82 Å². The average Bonchev–Trinajstić information content (AvgIpc) is 2.49. The molecule has 0 saturated carbocycles. The maximum Gasteiger partial charge on any atom is 0.163 e. The molecule has 0 atom stereocenters. The second-order valence-electron chi connectivity index (χ2n) is 3.96. The average molecular weight is 274 g/mol. The fraction of sp³-hybridized carbons (Fsp3) is 0.133. The number of hydrogen-bond donors (Lipinski definition) is 1. The van der Waals surface area contributed by atoms with E-state index in [2.05, 4.69) is 10.5 Å². The van der Waals surface area contributed by atoms with Crippen molar-refractivity contribution in [3.8, 4) is 11.5 Å². The predicted molar refractivity (Wildman–Crippen MR) is 77.2 cm³/mol. The second kappa shape index (κ2) is 6.56. The van der Waals surface area contributed by atoms with Crippen molar-refractivity contribution in [1.29, 1.82) is 0 Å². The molecule has 2 aromatic carbocycles. The predicted octanol–water partition coefficient (Wildman–Crippen LogP) is 3.29. The summed E-state index contributed by atoms with van der Waals surface area (Å²) in [6.07, 6.45) is 1.39. The minimum Gasteiger partial charge on any atom is -0.493 e. The van der Waals surface area contributed by atoms with E-state index in [0.29, 0.717) is 17.1 Å². The number of hydrogen-bond acceptors (Lipinski definition) is 4. The topological polar surface area (TPSA) is 42.8 Å². The van der Waals surface area contributed by atoms with Crippen LogP contribution in [0.15, 0.2) is 47.6 Å². The van der Waals surface area contributed by atoms with Crippen molar-refractivity contribution < 1.29 is 13.9 Å². The number of rotatable bonds is 5. The van der Waals surface area contributed by atoms with Crippen molar-refractivity contribution in [3.63, 3.8) is 0 Å². The quantitative estimate of drug-likeness (QED) is 0.672. The first-order valence-corrected chi connectivity index (χ1v) is 6.00. The number of halogens is 1. The lowest BCUT2D eigenvalue weighted by Gasteiger charge is -2.08. The molecule has 0 aromatic heterocycles. The molecule has 0 bridgehead atoms. The van der Waals surface area contributed by atoms with Crippen LogP contribution >= 0.6 is 0 Å². The maximum absolute atomic E-state index is 13.8. The van der Waals surface area contributed by atoms with E-state index in [1.54, 1.807) is 0 Å². The third-order valence-corrected chi connectivity index (χ3v) is 2.67. The summed E-state index contributed by atoms with van der Waals surface area (Å²) in [5.74, 6) is 0.370. The van der Waals surface area contributed by atoms with Crippen molar-refractivity contribution in [2.75, 3.05) is 19.6 Å². The Morgan fingerprint density at radius 1 is 1.05 bits per heavy atom. The first-order chi connectivity index (χ1) is 9.74. The van der Waals surface area contributed by atoms with Crippen molar-refractivity contribution in [1.82, 2.24) is 0 Å². The summed E-state index contributed by atoms with van der Waals surface area (Å²) in [6, 6.07) is 12.2. The second-order valence-corrected chi connectivity index (χ2v) is 3.96. The highest BCUT2D eigenvalue weighted by Gasteiger charge is 2.09. The van der Waals surface area contributed by atoms with E-state index < -0.39 is 5.82 Å². The Labute approximate surface area is 116 Å². The monoisotopic (exact) mass is 274 g/mol. The lowest BCUT2D eigenvalue weighted by Crippen LogP contribution is -1.97. The molecular weight excluding hydrogens is 259 g/mol.